The van der Waals surface area contributed by atoms with Crippen LogP contribution < -0.4 is 5.56 Å². The number of nitrogens with zero attached hydrogens (tertiary/aromatic N) is 1. The Hall–Kier alpha value is -1.94. The standard InChI is InChI=1S/C14H12N2OS/c1-2-11-8-18-14(15-11)10-4-3-9-5-6-13(17)16-12(9)7-10/h3-8H,2H2,1H3,(H,16,17). The molecule has 18 heavy (non-hydrogen) atoms. The Morgan fingerprint density at radius 1 is 1.28 bits per heavy atom. The molecule has 1 aromatic carbocycles. The van der Waals surface area contributed by atoms with Gasteiger partial charge in [0, 0.05) is 22.5 Å². The molecule has 0 aliphatic carbocycles. The van der Waals surface area contributed by atoms with Crippen LogP contribution >= 0.6 is 11.3 Å². The number of aromatic amines is 1. The summed E-state index contributed by atoms with van der Waals surface area (Å²) in [5.41, 5.74) is 2.94. The molecule has 3 aromatic rings. The molecular weight excluding hydrogens is 244 g/mol. The smallest absolute Gasteiger partial charge is 0.248 e. The summed E-state index contributed by atoms with van der Waals surface area (Å²) in [5, 5.41) is 4.11. The predicted octanol–water partition coefficient (Wildman–Crippen LogP) is 3.21. The van der Waals surface area contributed by atoms with Crippen LogP contribution in [0.4, 0.5) is 0 Å². The maximum absolute atomic E-state index is 11.3. The maximum Gasteiger partial charge on any atom is 0.248 e. The minimum atomic E-state index is -0.0759. The van der Waals surface area contributed by atoms with Crippen molar-refractivity contribution in [3.8, 4) is 10.6 Å². The van der Waals surface area contributed by atoms with Gasteiger partial charge in [-0.1, -0.05) is 19.1 Å². The van der Waals surface area contributed by atoms with E-state index in [9.17, 15) is 4.79 Å². The lowest BCUT2D eigenvalue weighted by Crippen LogP contribution is -2.02. The van der Waals surface area contributed by atoms with Crippen molar-refractivity contribution in [2.24, 2.45) is 0 Å². The number of H-pyrrole nitrogens is 1. The van der Waals surface area contributed by atoms with Crippen LogP contribution in [0.2, 0.25) is 0 Å². The lowest BCUT2D eigenvalue weighted by Gasteiger charge is -2.00. The van der Waals surface area contributed by atoms with Gasteiger partial charge in [0.25, 0.3) is 0 Å². The van der Waals surface area contributed by atoms with E-state index in [1.165, 1.54) is 0 Å². The average molecular weight is 256 g/mol. The van der Waals surface area contributed by atoms with E-state index in [4.69, 9.17) is 0 Å². The second-order valence-electron chi connectivity index (χ2n) is 4.12. The number of rotatable bonds is 2. The minimum Gasteiger partial charge on any atom is -0.322 e. The lowest BCUT2D eigenvalue weighted by atomic mass is 10.1. The average Bonchev–Trinajstić information content (AvgIpc) is 2.86. The number of hydrogen-bond donors (Lipinski definition) is 1. The highest BCUT2D eigenvalue weighted by Gasteiger charge is 2.05. The fourth-order valence-corrected chi connectivity index (χ4v) is 2.78. The van der Waals surface area contributed by atoms with E-state index in [0.29, 0.717) is 0 Å². The molecule has 0 amide bonds. The fraction of sp³-hybridized carbons (Fsp3) is 0.143. The van der Waals surface area contributed by atoms with Gasteiger partial charge in [0.2, 0.25) is 5.56 Å². The van der Waals surface area contributed by atoms with Gasteiger partial charge in [-0.15, -0.1) is 11.3 Å². The van der Waals surface area contributed by atoms with Crippen molar-refractivity contribution in [3.05, 3.63) is 51.8 Å². The van der Waals surface area contributed by atoms with Gasteiger partial charge in [0.15, 0.2) is 0 Å². The Morgan fingerprint density at radius 2 is 2.11 bits per heavy atom. The van der Waals surface area contributed by atoms with Crippen LogP contribution in [0, 0.1) is 0 Å². The SMILES string of the molecule is CCc1csc(-c2ccc3ccc(=O)[nH]c3c2)n1. The van der Waals surface area contributed by atoms with Crippen molar-refractivity contribution in [2.75, 3.05) is 0 Å². The van der Waals surface area contributed by atoms with E-state index in [2.05, 4.69) is 22.3 Å². The van der Waals surface area contributed by atoms with Crippen molar-refractivity contribution >= 4 is 22.2 Å². The summed E-state index contributed by atoms with van der Waals surface area (Å²) in [4.78, 5) is 18.7. The third-order valence-corrected chi connectivity index (χ3v) is 3.83. The Kier molecular flexibility index (Phi) is 2.72. The first-order valence-electron chi connectivity index (χ1n) is 5.84. The summed E-state index contributed by atoms with van der Waals surface area (Å²) in [6, 6.07) is 9.40. The molecule has 0 saturated carbocycles. The summed E-state index contributed by atoms with van der Waals surface area (Å²) in [5.74, 6) is 0. The minimum absolute atomic E-state index is 0.0759. The van der Waals surface area contributed by atoms with Crippen LogP contribution in [0.5, 0.6) is 0 Å². The Bertz CT molecular complexity index is 758. The van der Waals surface area contributed by atoms with Gasteiger partial charge in [-0.25, -0.2) is 4.98 Å². The molecule has 0 aliphatic heterocycles. The third kappa shape index (κ3) is 1.95. The molecule has 3 rings (SSSR count). The van der Waals surface area contributed by atoms with Crippen LogP contribution in [0.1, 0.15) is 12.6 Å². The molecular formula is C14H12N2OS. The van der Waals surface area contributed by atoms with Crippen molar-refractivity contribution in [1.29, 1.82) is 0 Å². The number of fused-ring (bicyclic) bond motifs is 1. The third-order valence-electron chi connectivity index (χ3n) is 2.89. The summed E-state index contributed by atoms with van der Waals surface area (Å²) >= 11 is 1.64. The molecule has 0 aliphatic rings. The van der Waals surface area contributed by atoms with E-state index in [1.807, 2.05) is 24.3 Å². The zero-order valence-electron chi connectivity index (χ0n) is 9.93. The summed E-state index contributed by atoms with van der Waals surface area (Å²) < 4.78 is 0. The van der Waals surface area contributed by atoms with Gasteiger partial charge in [0.1, 0.15) is 5.01 Å². The maximum atomic E-state index is 11.3. The number of nitrogens with one attached hydrogen (secondary N) is 1. The van der Waals surface area contributed by atoms with Crippen LogP contribution in [-0.2, 0) is 6.42 Å². The highest BCUT2D eigenvalue weighted by Crippen LogP contribution is 2.26. The van der Waals surface area contributed by atoms with Crippen LogP contribution in [-0.4, -0.2) is 9.97 Å². The lowest BCUT2D eigenvalue weighted by molar-refractivity contribution is 1.07. The fourth-order valence-electron chi connectivity index (χ4n) is 1.88. The summed E-state index contributed by atoms with van der Waals surface area (Å²) in [7, 11) is 0. The van der Waals surface area contributed by atoms with Crippen LogP contribution in [0.3, 0.4) is 0 Å². The highest BCUT2D eigenvalue weighted by atomic mass is 32.1. The van der Waals surface area contributed by atoms with E-state index >= 15 is 0 Å². The second kappa shape index (κ2) is 4.38. The Labute approximate surface area is 108 Å². The normalized spacial score (nSPS) is 10.9. The van der Waals surface area contributed by atoms with E-state index in [1.54, 1.807) is 17.4 Å². The van der Waals surface area contributed by atoms with Crippen molar-refractivity contribution in [3.63, 3.8) is 0 Å². The molecule has 0 bridgehead atoms. The quantitative estimate of drug-likeness (QED) is 0.765. The molecule has 2 heterocycles. The molecule has 2 aromatic heterocycles. The molecule has 0 saturated heterocycles. The zero-order chi connectivity index (χ0) is 12.5. The zero-order valence-corrected chi connectivity index (χ0v) is 10.8. The number of pyridine rings is 1. The second-order valence-corrected chi connectivity index (χ2v) is 4.98. The largest absolute Gasteiger partial charge is 0.322 e. The number of aryl methyl sites for hydroxylation is 1. The van der Waals surface area contributed by atoms with Gasteiger partial charge in [-0.05, 0) is 23.9 Å². The molecule has 1 N–H and O–H groups in total. The predicted molar refractivity (Wildman–Crippen MR) is 75.1 cm³/mol. The molecule has 0 spiro atoms. The first-order valence-corrected chi connectivity index (χ1v) is 6.72. The van der Waals surface area contributed by atoms with Crippen LogP contribution in [0.25, 0.3) is 21.5 Å². The van der Waals surface area contributed by atoms with Gasteiger partial charge < -0.3 is 4.98 Å². The van der Waals surface area contributed by atoms with Crippen molar-refractivity contribution in [2.45, 2.75) is 13.3 Å². The Morgan fingerprint density at radius 3 is 2.89 bits per heavy atom. The highest BCUT2D eigenvalue weighted by molar-refractivity contribution is 7.13. The molecule has 0 fully saturated rings. The number of benzene rings is 1. The molecule has 90 valence electrons. The van der Waals surface area contributed by atoms with Gasteiger partial charge in [0.05, 0.1) is 5.69 Å². The number of aromatic nitrogens is 2. The van der Waals surface area contributed by atoms with E-state index in [-0.39, 0.29) is 5.56 Å². The number of hydrogen-bond acceptors (Lipinski definition) is 3. The topological polar surface area (TPSA) is 45.8 Å². The molecule has 3 nitrogen and oxygen atoms in total. The monoisotopic (exact) mass is 256 g/mol. The van der Waals surface area contributed by atoms with Gasteiger partial charge >= 0.3 is 0 Å². The molecule has 0 unspecified atom stereocenters. The van der Waals surface area contributed by atoms with Crippen molar-refractivity contribution in [1.82, 2.24) is 9.97 Å². The molecule has 0 atom stereocenters. The molecule has 0 radical (unpaired) electrons. The van der Waals surface area contributed by atoms with E-state index in [0.717, 1.165) is 33.6 Å². The first-order chi connectivity index (χ1) is 8.76. The molecule has 4 heteroatoms. The van der Waals surface area contributed by atoms with Gasteiger partial charge in [-0.2, -0.15) is 0 Å². The van der Waals surface area contributed by atoms with Gasteiger partial charge in [-0.3, -0.25) is 4.79 Å². The summed E-state index contributed by atoms with van der Waals surface area (Å²) in [6.45, 7) is 2.09. The Balaban J connectivity index is 2.14. The van der Waals surface area contributed by atoms with E-state index < -0.39 is 0 Å². The van der Waals surface area contributed by atoms with Crippen LogP contribution in [0.15, 0.2) is 40.5 Å². The van der Waals surface area contributed by atoms with Crippen molar-refractivity contribution < 1.29 is 0 Å². The first kappa shape index (κ1) is 11.2. The number of thiazole rings is 1. The summed E-state index contributed by atoms with van der Waals surface area (Å²) in [6.07, 6.45) is 0.945.